The van der Waals surface area contributed by atoms with Crippen molar-refractivity contribution in [3.8, 4) is 23.0 Å². The maximum absolute atomic E-state index is 14.0. The van der Waals surface area contributed by atoms with Gasteiger partial charge in [-0.05, 0) is 23.8 Å². The fourth-order valence-corrected chi connectivity index (χ4v) is 6.12. The van der Waals surface area contributed by atoms with Gasteiger partial charge in [-0.25, -0.2) is 4.79 Å². The number of hydrogen-bond acceptors (Lipinski definition) is 12. The Kier molecular flexibility index (Phi) is 13.0. The van der Waals surface area contributed by atoms with E-state index in [-0.39, 0.29) is 61.2 Å². The third-order valence-corrected chi connectivity index (χ3v) is 8.50. The van der Waals surface area contributed by atoms with E-state index in [9.17, 15) is 14.7 Å². The lowest BCUT2D eigenvalue weighted by molar-refractivity contribution is -0.00789. The topological polar surface area (TPSA) is 183 Å². The third-order valence-electron chi connectivity index (χ3n) is 8.12. The Morgan fingerprint density at radius 3 is 2.06 bits per heavy atom. The number of phenolic OH excluding ortho intramolecular Hbond substituents is 1. The first-order chi connectivity index (χ1) is 24.4. The number of halogens is 1. The first-order valence-corrected chi connectivity index (χ1v) is 16.6. The number of anilines is 1. The maximum Gasteiger partial charge on any atom is 0.354 e. The van der Waals surface area contributed by atoms with E-state index in [1.54, 1.807) is 23.1 Å². The molecule has 0 saturated heterocycles. The predicted molar refractivity (Wildman–Crippen MR) is 184 cm³/mol. The second kappa shape index (κ2) is 17.6. The molecule has 1 aliphatic rings. The number of fused-ring (bicyclic) bond motifs is 4. The molecule has 0 spiro atoms. The number of rotatable bonds is 20. The highest BCUT2D eigenvalue weighted by Crippen LogP contribution is 2.47. The van der Waals surface area contributed by atoms with Gasteiger partial charge in [-0.2, -0.15) is 0 Å². The molecule has 272 valence electrons. The lowest BCUT2D eigenvalue weighted by Crippen LogP contribution is -2.30. The molecule has 16 heteroatoms. The fraction of sp³-hybridized carbons (Fsp3) is 0.471. The minimum Gasteiger partial charge on any atom is -0.506 e. The summed E-state index contributed by atoms with van der Waals surface area (Å²) in [6, 6.07) is 6.55. The van der Waals surface area contributed by atoms with Gasteiger partial charge in [0.2, 0.25) is 5.75 Å². The highest BCUT2D eigenvalue weighted by Gasteiger charge is 2.36. The fourth-order valence-electron chi connectivity index (χ4n) is 5.86. The number of aliphatic hydroxyl groups is 1. The molecular formula is C34H42ClN3O12. The van der Waals surface area contributed by atoms with Crippen LogP contribution >= 0.6 is 11.6 Å². The summed E-state index contributed by atoms with van der Waals surface area (Å²) in [5, 5.41) is 20.8. The summed E-state index contributed by atoms with van der Waals surface area (Å²) in [4.78, 5) is 33.9. The van der Waals surface area contributed by atoms with E-state index in [1.807, 2.05) is 0 Å². The molecule has 3 heterocycles. The van der Waals surface area contributed by atoms with Crippen molar-refractivity contribution in [2.45, 2.75) is 5.92 Å². The summed E-state index contributed by atoms with van der Waals surface area (Å²) in [6.07, 6.45) is 0. The first-order valence-electron chi connectivity index (χ1n) is 16.0. The van der Waals surface area contributed by atoms with Crippen molar-refractivity contribution in [1.82, 2.24) is 9.97 Å². The number of amides is 1. The molecule has 1 amide bonds. The molecule has 2 aromatic carbocycles. The molecule has 50 heavy (non-hydrogen) atoms. The second-order valence-corrected chi connectivity index (χ2v) is 11.5. The van der Waals surface area contributed by atoms with Gasteiger partial charge in [-0.3, -0.25) is 4.79 Å². The molecule has 1 aliphatic heterocycles. The Hall–Kier alpha value is -4.25. The number of H-pyrrole nitrogens is 2. The zero-order valence-electron chi connectivity index (χ0n) is 28.2. The molecule has 0 aliphatic carbocycles. The van der Waals surface area contributed by atoms with E-state index in [4.69, 9.17) is 54.6 Å². The van der Waals surface area contributed by atoms with Crippen LogP contribution in [0.3, 0.4) is 0 Å². The molecule has 5 rings (SSSR count). The van der Waals surface area contributed by atoms with Gasteiger partial charge in [0.25, 0.3) is 5.91 Å². The van der Waals surface area contributed by atoms with Crippen molar-refractivity contribution >= 4 is 51.0 Å². The zero-order valence-corrected chi connectivity index (χ0v) is 28.9. The summed E-state index contributed by atoms with van der Waals surface area (Å²) in [5.41, 5.74) is 2.58. The van der Waals surface area contributed by atoms with E-state index >= 15 is 0 Å². The van der Waals surface area contributed by atoms with Crippen LogP contribution in [0, 0.1) is 0 Å². The van der Waals surface area contributed by atoms with Crippen molar-refractivity contribution in [1.29, 1.82) is 0 Å². The number of phenols is 1. The van der Waals surface area contributed by atoms with Gasteiger partial charge in [0, 0.05) is 35.2 Å². The zero-order chi connectivity index (χ0) is 35.6. The maximum atomic E-state index is 14.0. The van der Waals surface area contributed by atoms with Crippen LogP contribution in [0.2, 0.25) is 0 Å². The normalized spacial score (nSPS) is 14.0. The van der Waals surface area contributed by atoms with Gasteiger partial charge in [0.15, 0.2) is 11.5 Å². The lowest BCUT2D eigenvalue weighted by Gasteiger charge is -2.17. The lowest BCUT2D eigenvalue weighted by atomic mass is 9.98. The number of benzene rings is 2. The molecule has 2 aromatic heterocycles. The highest BCUT2D eigenvalue weighted by molar-refractivity contribution is 6.19. The number of esters is 1. The number of carbonyl (C=O) groups is 2. The summed E-state index contributed by atoms with van der Waals surface area (Å²) in [6.45, 7) is 3.48. The smallest absolute Gasteiger partial charge is 0.354 e. The van der Waals surface area contributed by atoms with Gasteiger partial charge in [-0.15, -0.1) is 11.6 Å². The van der Waals surface area contributed by atoms with Gasteiger partial charge in [-0.1, -0.05) is 0 Å². The van der Waals surface area contributed by atoms with Gasteiger partial charge in [0.1, 0.15) is 23.7 Å². The number of hydrogen-bond donors (Lipinski definition) is 4. The van der Waals surface area contributed by atoms with Crippen LogP contribution in [0.5, 0.6) is 23.0 Å². The minimum absolute atomic E-state index is 0.0114. The average Bonchev–Trinajstić information content (AvgIpc) is 3.86. The van der Waals surface area contributed by atoms with Crippen molar-refractivity contribution in [3.05, 3.63) is 41.2 Å². The van der Waals surface area contributed by atoms with E-state index in [0.29, 0.717) is 91.0 Å². The van der Waals surface area contributed by atoms with Crippen molar-refractivity contribution < 1.29 is 57.7 Å². The Morgan fingerprint density at radius 2 is 1.46 bits per heavy atom. The summed E-state index contributed by atoms with van der Waals surface area (Å²) >= 11 is 6.38. The molecule has 0 bridgehead atoms. The second-order valence-electron chi connectivity index (χ2n) is 11.2. The number of nitrogens with zero attached hydrogens (tertiary/aromatic N) is 1. The van der Waals surface area contributed by atoms with E-state index in [0.717, 1.165) is 5.56 Å². The Balaban J connectivity index is 1.24. The highest BCUT2D eigenvalue weighted by atomic mass is 35.5. The number of aromatic nitrogens is 2. The molecule has 0 unspecified atom stereocenters. The van der Waals surface area contributed by atoms with Crippen molar-refractivity contribution in [2.75, 3.05) is 105 Å². The van der Waals surface area contributed by atoms with E-state index in [2.05, 4.69) is 9.97 Å². The predicted octanol–water partition coefficient (Wildman–Crippen LogP) is 3.58. The number of ether oxygens (including phenoxy) is 8. The van der Waals surface area contributed by atoms with Crippen LogP contribution in [-0.2, 0) is 23.7 Å². The summed E-state index contributed by atoms with van der Waals surface area (Å²) in [5.74, 6) is 0.0130. The SMILES string of the molecule is COC(=O)c1cc2c3c(cc(O)c2[nH]1)N(C(=O)c1cc2cc(OC)c(OCCOCCOCCOCCOCCO)c(OC)c2[nH]1)C[C@H]3CCl. The molecular weight excluding hydrogens is 678 g/mol. The number of aromatic amines is 2. The average molecular weight is 720 g/mol. The standard InChI is InChI=1S/C34H42ClN3O12/c1-43-27-15-20-14-23(33(41)38-19-21(18-35)28-22-16-24(34(42)45-3)37-30(22)26(40)17-25(28)38)36-29(20)32(44-2)31(27)50-13-12-49-11-10-48-9-8-47-7-6-46-5-4-39/h14-17,21,36-37,39-40H,4-13,18-19H2,1-3H3/t21-/m1/s1. The number of methoxy groups -OCH3 is 3. The molecule has 0 fully saturated rings. The molecule has 15 nitrogen and oxygen atoms in total. The number of alkyl halides is 1. The molecule has 1 atom stereocenters. The monoisotopic (exact) mass is 719 g/mol. The van der Waals surface area contributed by atoms with Crippen LogP contribution in [0.25, 0.3) is 21.8 Å². The van der Waals surface area contributed by atoms with Crippen LogP contribution in [0.4, 0.5) is 5.69 Å². The Labute approximate surface area is 293 Å². The number of aromatic hydroxyl groups is 1. The molecule has 0 saturated carbocycles. The van der Waals surface area contributed by atoms with Gasteiger partial charge >= 0.3 is 5.97 Å². The Morgan fingerprint density at radius 1 is 0.820 bits per heavy atom. The minimum atomic E-state index is -0.581. The molecule has 4 aromatic rings. The largest absolute Gasteiger partial charge is 0.506 e. The molecule has 0 radical (unpaired) electrons. The van der Waals surface area contributed by atoms with Crippen molar-refractivity contribution in [2.24, 2.45) is 0 Å². The van der Waals surface area contributed by atoms with Gasteiger partial charge in [0.05, 0.1) is 97.5 Å². The van der Waals surface area contributed by atoms with Crippen LogP contribution in [0.1, 0.15) is 32.5 Å². The van der Waals surface area contributed by atoms with Crippen LogP contribution < -0.4 is 19.1 Å². The number of aliphatic hydroxyl groups excluding tert-OH is 1. The van der Waals surface area contributed by atoms with Gasteiger partial charge < -0.3 is 63.0 Å². The number of carbonyl (C=O) groups excluding carboxylic acids is 2. The summed E-state index contributed by atoms with van der Waals surface area (Å²) in [7, 11) is 4.28. The summed E-state index contributed by atoms with van der Waals surface area (Å²) < 4.78 is 43.8. The van der Waals surface area contributed by atoms with Crippen molar-refractivity contribution in [3.63, 3.8) is 0 Å². The van der Waals surface area contributed by atoms with Crippen LogP contribution in [0.15, 0.2) is 24.3 Å². The van der Waals surface area contributed by atoms with E-state index in [1.165, 1.54) is 27.4 Å². The number of nitrogens with one attached hydrogen (secondary N) is 2. The first kappa shape index (κ1) is 37.0. The van der Waals surface area contributed by atoms with E-state index < -0.39 is 5.97 Å². The third kappa shape index (κ3) is 8.04. The van der Waals surface area contributed by atoms with Crippen LogP contribution in [-0.4, -0.2) is 132 Å². The Bertz CT molecular complexity index is 1770. The molecule has 4 N–H and O–H groups in total. The quantitative estimate of drug-likeness (QED) is 0.0593.